The molecule has 2 aromatic heterocycles. The Labute approximate surface area is 93.7 Å². The van der Waals surface area contributed by atoms with Crippen LogP contribution in [0.3, 0.4) is 0 Å². The second-order valence-electron chi connectivity index (χ2n) is 2.61. The number of nitrogens with zero attached hydrogens (tertiary/aromatic N) is 3. The zero-order chi connectivity index (χ0) is 9.97. The Morgan fingerprint density at radius 2 is 2.36 bits per heavy atom. The van der Waals surface area contributed by atoms with Crippen LogP contribution in [-0.4, -0.2) is 14.3 Å². The summed E-state index contributed by atoms with van der Waals surface area (Å²) in [7, 11) is 0. The molecule has 72 valence electrons. The predicted molar refractivity (Wildman–Crippen MR) is 59.9 cm³/mol. The minimum absolute atomic E-state index is 0.752. The molecule has 2 heterocycles. The lowest BCUT2D eigenvalue weighted by Gasteiger charge is -2.01. The van der Waals surface area contributed by atoms with Crippen LogP contribution < -0.4 is 5.32 Å². The van der Waals surface area contributed by atoms with E-state index >= 15 is 0 Å². The van der Waals surface area contributed by atoms with Gasteiger partial charge in [0.05, 0.1) is 4.47 Å². The van der Waals surface area contributed by atoms with Crippen molar-refractivity contribution in [2.45, 2.75) is 6.92 Å². The van der Waals surface area contributed by atoms with Crippen molar-refractivity contribution in [1.82, 2.24) is 14.3 Å². The van der Waals surface area contributed by atoms with Gasteiger partial charge in [0.25, 0.3) is 0 Å². The Morgan fingerprint density at radius 3 is 3.00 bits per heavy atom. The second kappa shape index (κ2) is 4.02. The molecule has 0 saturated carbocycles. The number of aryl methyl sites for hydroxylation is 1. The minimum Gasteiger partial charge on any atom is -0.314 e. The standard InChI is InChI=1S/C8H7BrN4S/c1-5-11-8(14-13-5)12-7-6(9)3-2-4-10-7/h2-4H,1H3,(H,10,11,12,13). The first-order chi connectivity index (χ1) is 6.75. The maximum atomic E-state index is 4.18. The van der Waals surface area contributed by atoms with E-state index in [0.29, 0.717) is 0 Å². The smallest absolute Gasteiger partial charge is 0.208 e. The highest BCUT2D eigenvalue weighted by atomic mass is 79.9. The number of pyridine rings is 1. The maximum absolute atomic E-state index is 4.18. The van der Waals surface area contributed by atoms with E-state index in [1.807, 2.05) is 19.1 Å². The van der Waals surface area contributed by atoms with Gasteiger partial charge in [-0.3, -0.25) is 0 Å². The van der Waals surface area contributed by atoms with Crippen LogP contribution in [0.4, 0.5) is 10.9 Å². The zero-order valence-corrected chi connectivity index (χ0v) is 9.76. The van der Waals surface area contributed by atoms with E-state index < -0.39 is 0 Å². The molecule has 0 atom stereocenters. The van der Waals surface area contributed by atoms with Crippen molar-refractivity contribution in [3.05, 3.63) is 28.6 Å². The summed E-state index contributed by atoms with van der Waals surface area (Å²) in [5.41, 5.74) is 0. The molecule has 2 rings (SSSR count). The first-order valence-electron chi connectivity index (χ1n) is 3.93. The van der Waals surface area contributed by atoms with E-state index in [-0.39, 0.29) is 0 Å². The average molecular weight is 271 g/mol. The first-order valence-corrected chi connectivity index (χ1v) is 5.50. The highest BCUT2D eigenvalue weighted by molar-refractivity contribution is 9.10. The lowest BCUT2D eigenvalue weighted by atomic mass is 10.5. The molecule has 0 unspecified atom stereocenters. The van der Waals surface area contributed by atoms with E-state index in [2.05, 4.69) is 35.6 Å². The van der Waals surface area contributed by atoms with Gasteiger partial charge >= 0.3 is 0 Å². The zero-order valence-electron chi connectivity index (χ0n) is 7.36. The highest BCUT2D eigenvalue weighted by Gasteiger charge is 2.03. The summed E-state index contributed by atoms with van der Waals surface area (Å²) in [6.45, 7) is 1.86. The third kappa shape index (κ3) is 2.08. The van der Waals surface area contributed by atoms with E-state index in [4.69, 9.17) is 0 Å². The summed E-state index contributed by atoms with van der Waals surface area (Å²) in [5.74, 6) is 1.52. The molecule has 0 amide bonds. The third-order valence-electron chi connectivity index (χ3n) is 1.51. The molecule has 0 aromatic carbocycles. The average Bonchev–Trinajstić information content (AvgIpc) is 2.56. The Morgan fingerprint density at radius 1 is 1.50 bits per heavy atom. The number of hydrogen-bond donors (Lipinski definition) is 1. The van der Waals surface area contributed by atoms with Crippen molar-refractivity contribution in [3.63, 3.8) is 0 Å². The van der Waals surface area contributed by atoms with Gasteiger partial charge in [-0.1, -0.05) is 0 Å². The quantitative estimate of drug-likeness (QED) is 0.912. The largest absolute Gasteiger partial charge is 0.314 e. The molecule has 1 N–H and O–H groups in total. The van der Waals surface area contributed by atoms with Crippen molar-refractivity contribution < 1.29 is 0 Å². The number of aromatic nitrogens is 3. The molecule has 0 saturated heterocycles. The summed E-state index contributed by atoms with van der Waals surface area (Å²) < 4.78 is 4.98. The van der Waals surface area contributed by atoms with Crippen molar-refractivity contribution in [1.29, 1.82) is 0 Å². The molecule has 0 bridgehead atoms. The van der Waals surface area contributed by atoms with Gasteiger partial charge in [-0.2, -0.15) is 4.37 Å². The summed E-state index contributed by atoms with van der Waals surface area (Å²) >= 11 is 4.71. The fourth-order valence-corrected chi connectivity index (χ4v) is 1.86. The van der Waals surface area contributed by atoms with Crippen LogP contribution in [0.5, 0.6) is 0 Å². The normalized spacial score (nSPS) is 10.1. The molecule has 14 heavy (non-hydrogen) atoms. The molecule has 0 aliphatic carbocycles. The van der Waals surface area contributed by atoms with Crippen LogP contribution in [0.25, 0.3) is 0 Å². The molecule has 0 fully saturated rings. The monoisotopic (exact) mass is 270 g/mol. The number of halogens is 1. The summed E-state index contributed by atoms with van der Waals surface area (Å²) in [4.78, 5) is 8.35. The highest BCUT2D eigenvalue weighted by Crippen LogP contribution is 2.23. The Hall–Kier alpha value is -1.01. The van der Waals surface area contributed by atoms with Crippen molar-refractivity contribution in [2.75, 3.05) is 5.32 Å². The Bertz CT molecular complexity index is 442. The summed E-state index contributed by atoms with van der Waals surface area (Å²) in [5, 5.41) is 3.83. The van der Waals surface area contributed by atoms with Gasteiger partial charge in [-0.05, 0) is 35.0 Å². The van der Waals surface area contributed by atoms with E-state index in [0.717, 1.165) is 21.2 Å². The van der Waals surface area contributed by atoms with Gasteiger partial charge < -0.3 is 5.32 Å². The molecule has 0 aliphatic rings. The molecule has 0 spiro atoms. The van der Waals surface area contributed by atoms with Crippen molar-refractivity contribution in [2.24, 2.45) is 0 Å². The lowest BCUT2D eigenvalue weighted by Crippen LogP contribution is -1.93. The maximum Gasteiger partial charge on any atom is 0.208 e. The molecule has 4 nitrogen and oxygen atoms in total. The van der Waals surface area contributed by atoms with E-state index in [1.54, 1.807) is 6.20 Å². The van der Waals surface area contributed by atoms with Gasteiger partial charge in [-0.15, -0.1) is 0 Å². The van der Waals surface area contributed by atoms with Crippen LogP contribution in [0.1, 0.15) is 5.82 Å². The molecule has 2 aromatic rings. The van der Waals surface area contributed by atoms with Crippen LogP contribution in [0.2, 0.25) is 0 Å². The van der Waals surface area contributed by atoms with Crippen molar-refractivity contribution >= 4 is 38.4 Å². The Balaban J connectivity index is 2.23. The van der Waals surface area contributed by atoms with Crippen LogP contribution in [0, 0.1) is 6.92 Å². The molecular weight excluding hydrogens is 264 g/mol. The van der Waals surface area contributed by atoms with Gasteiger partial charge in [0.1, 0.15) is 11.6 Å². The topological polar surface area (TPSA) is 50.7 Å². The number of anilines is 2. The molecule has 6 heteroatoms. The fraction of sp³-hybridized carbons (Fsp3) is 0.125. The first kappa shape index (κ1) is 9.54. The lowest BCUT2D eigenvalue weighted by molar-refractivity contribution is 1.16. The van der Waals surface area contributed by atoms with Gasteiger partial charge in [-0.25, -0.2) is 9.97 Å². The summed E-state index contributed by atoms with van der Waals surface area (Å²) in [6, 6.07) is 3.78. The third-order valence-corrected chi connectivity index (χ3v) is 2.87. The van der Waals surface area contributed by atoms with Crippen LogP contribution in [0.15, 0.2) is 22.8 Å². The molecule has 0 aliphatic heterocycles. The van der Waals surface area contributed by atoms with Gasteiger partial charge in [0.2, 0.25) is 5.13 Å². The molecular formula is C8H7BrN4S. The van der Waals surface area contributed by atoms with E-state index in [1.165, 1.54) is 11.5 Å². The number of rotatable bonds is 2. The minimum atomic E-state index is 0.752. The Kier molecular flexibility index (Phi) is 2.74. The predicted octanol–water partition coefficient (Wildman–Crippen LogP) is 2.75. The fourth-order valence-electron chi connectivity index (χ4n) is 0.927. The number of hydrogen-bond acceptors (Lipinski definition) is 5. The van der Waals surface area contributed by atoms with Gasteiger partial charge in [0.15, 0.2) is 0 Å². The van der Waals surface area contributed by atoms with Crippen molar-refractivity contribution in [3.8, 4) is 0 Å². The van der Waals surface area contributed by atoms with Crippen LogP contribution in [-0.2, 0) is 0 Å². The van der Waals surface area contributed by atoms with Gasteiger partial charge in [0, 0.05) is 17.7 Å². The molecule has 0 radical (unpaired) electrons. The van der Waals surface area contributed by atoms with E-state index in [9.17, 15) is 0 Å². The SMILES string of the molecule is Cc1nsc(Nc2ncccc2Br)n1. The second-order valence-corrected chi connectivity index (χ2v) is 4.21. The number of nitrogens with one attached hydrogen (secondary N) is 1. The summed E-state index contributed by atoms with van der Waals surface area (Å²) in [6.07, 6.45) is 1.72. The van der Waals surface area contributed by atoms with Crippen LogP contribution >= 0.6 is 27.5 Å².